The van der Waals surface area contributed by atoms with E-state index in [-0.39, 0.29) is 0 Å². The summed E-state index contributed by atoms with van der Waals surface area (Å²) in [6.45, 7) is 3.66. The van der Waals surface area contributed by atoms with Gasteiger partial charge in [-0.05, 0) is 24.0 Å². The fraction of sp³-hybridized carbons (Fsp3) is 0.455. The van der Waals surface area contributed by atoms with Crippen molar-refractivity contribution >= 4 is 5.69 Å². The second-order valence-corrected chi connectivity index (χ2v) is 3.91. The van der Waals surface area contributed by atoms with E-state index in [1.54, 1.807) is 0 Å². The molecule has 0 spiro atoms. The zero-order chi connectivity index (χ0) is 9.54. The molecule has 1 aromatic carbocycles. The molecule has 0 radical (unpaired) electrons. The summed E-state index contributed by atoms with van der Waals surface area (Å²) in [5.41, 5.74) is 2.55. The summed E-state index contributed by atoms with van der Waals surface area (Å²) in [7, 11) is 0. The molecule has 74 valence electrons. The Bertz CT molecular complexity index is 376. The number of ether oxygens (including phenoxy) is 2. The standard InChI is InChI=1S/C11H13NO2/c1-7-2-3-12-9-5-11-10(4-8(7)9)13-6-14-11/h4-5,7,12H,2-3,6H2,1H3. The van der Waals surface area contributed by atoms with Crippen LogP contribution in [0.2, 0.25) is 0 Å². The van der Waals surface area contributed by atoms with Gasteiger partial charge in [0, 0.05) is 18.3 Å². The summed E-state index contributed by atoms with van der Waals surface area (Å²) in [5, 5.41) is 3.39. The van der Waals surface area contributed by atoms with Crippen LogP contribution < -0.4 is 14.8 Å². The van der Waals surface area contributed by atoms with Crippen LogP contribution in [0.3, 0.4) is 0 Å². The van der Waals surface area contributed by atoms with E-state index in [0.29, 0.717) is 12.7 Å². The third kappa shape index (κ3) is 1.05. The Morgan fingerprint density at radius 2 is 2.07 bits per heavy atom. The lowest BCUT2D eigenvalue weighted by Gasteiger charge is -2.23. The van der Waals surface area contributed by atoms with E-state index in [0.717, 1.165) is 18.0 Å². The molecule has 0 saturated heterocycles. The van der Waals surface area contributed by atoms with E-state index in [4.69, 9.17) is 9.47 Å². The highest BCUT2D eigenvalue weighted by atomic mass is 16.7. The number of fused-ring (bicyclic) bond motifs is 2. The van der Waals surface area contributed by atoms with E-state index < -0.39 is 0 Å². The molecule has 1 N–H and O–H groups in total. The fourth-order valence-corrected chi connectivity index (χ4v) is 2.10. The van der Waals surface area contributed by atoms with Gasteiger partial charge in [-0.1, -0.05) is 6.92 Å². The van der Waals surface area contributed by atoms with Crippen molar-refractivity contribution in [3.05, 3.63) is 17.7 Å². The van der Waals surface area contributed by atoms with Crippen LogP contribution >= 0.6 is 0 Å². The Morgan fingerprint density at radius 3 is 2.93 bits per heavy atom. The molecule has 2 aliphatic rings. The fourth-order valence-electron chi connectivity index (χ4n) is 2.10. The quantitative estimate of drug-likeness (QED) is 0.682. The minimum atomic E-state index is 0.354. The van der Waals surface area contributed by atoms with Gasteiger partial charge in [-0.25, -0.2) is 0 Å². The van der Waals surface area contributed by atoms with Crippen LogP contribution in [0.15, 0.2) is 12.1 Å². The van der Waals surface area contributed by atoms with Gasteiger partial charge in [0.2, 0.25) is 6.79 Å². The largest absolute Gasteiger partial charge is 0.454 e. The Kier molecular flexibility index (Phi) is 1.60. The zero-order valence-corrected chi connectivity index (χ0v) is 8.17. The molecule has 3 heteroatoms. The molecule has 0 fully saturated rings. The number of benzene rings is 1. The molecule has 1 atom stereocenters. The number of hydrogen-bond donors (Lipinski definition) is 1. The van der Waals surface area contributed by atoms with Crippen LogP contribution in [0.1, 0.15) is 24.8 Å². The first-order chi connectivity index (χ1) is 6.84. The first kappa shape index (κ1) is 7.97. The topological polar surface area (TPSA) is 30.5 Å². The Balaban J connectivity index is 2.12. The van der Waals surface area contributed by atoms with Crippen molar-refractivity contribution < 1.29 is 9.47 Å². The van der Waals surface area contributed by atoms with E-state index in [9.17, 15) is 0 Å². The monoisotopic (exact) mass is 191 g/mol. The van der Waals surface area contributed by atoms with E-state index in [1.165, 1.54) is 17.7 Å². The van der Waals surface area contributed by atoms with Crippen molar-refractivity contribution in [2.75, 3.05) is 18.7 Å². The van der Waals surface area contributed by atoms with E-state index in [2.05, 4.69) is 18.3 Å². The van der Waals surface area contributed by atoms with Gasteiger partial charge in [0.1, 0.15) is 0 Å². The molecule has 2 aliphatic heterocycles. The molecular weight excluding hydrogens is 178 g/mol. The first-order valence-corrected chi connectivity index (χ1v) is 5.02. The van der Waals surface area contributed by atoms with Gasteiger partial charge in [0.25, 0.3) is 0 Å². The molecule has 0 bridgehead atoms. The molecule has 0 aromatic heterocycles. The smallest absolute Gasteiger partial charge is 0.231 e. The van der Waals surface area contributed by atoms with Gasteiger partial charge in [-0.3, -0.25) is 0 Å². The zero-order valence-electron chi connectivity index (χ0n) is 8.17. The van der Waals surface area contributed by atoms with Crippen LogP contribution in [0, 0.1) is 0 Å². The van der Waals surface area contributed by atoms with Crippen molar-refractivity contribution in [3.8, 4) is 11.5 Å². The minimum absolute atomic E-state index is 0.354. The lowest BCUT2D eigenvalue weighted by atomic mass is 9.92. The van der Waals surface area contributed by atoms with Gasteiger partial charge in [-0.15, -0.1) is 0 Å². The van der Waals surface area contributed by atoms with Crippen LogP contribution in [0.25, 0.3) is 0 Å². The maximum absolute atomic E-state index is 5.36. The van der Waals surface area contributed by atoms with E-state index >= 15 is 0 Å². The number of hydrogen-bond acceptors (Lipinski definition) is 3. The van der Waals surface area contributed by atoms with E-state index in [1.807, 2.05) is 6.07 Å². The number of nitrogens with one attached hydrogen (secondary N) is 1. The number of anilines is 1. The molecular formula is C11H13NO2. The maximum atomic E-state index is 5.36. The van der Waals surface area contributed by atoms with Gasteiger partial charge < -0.3 is 14.8 Å². The van der Waals surface area contributed by atoms with Crippen LogP contribution in [0.5, 0.6) is 11.5 Å². The Labute approximate surface area is 83.0 Å². The predicted molar refractivity (Wildman–Crippen MR) is 54.1 cm³/mol. The summed E-state index contributed by atoms with van der Waals surface area (Å²) in [6.07, 6.45) is 1.19. The highest BCUT2D eigenvalue weighted by Gasteiger charge is 2.22. The lowest BCUT2D eigenvalue weighted by molar-refractivity contribution is 0.174. The molecule has 3 nitrogen and oxygen atoms in total. The minimum Gasteiger partial charge on any atom is -0.454 e. The third-order valence-electron chi connectivity index (χ3n) is 2.97. The van der Waals surface area contributed by atoms with Crippen LogP contribution in [-0.2, 0) is 0 Å². The lowest BCUT2D eigenvalue weighted by Crippen LogP contribution is -2.14. The van der Waals surface area contributed by atoms with Crippen molar-refractivity contribution in [1.82, 2.24) is 0 Å². The summed E-state index contributed by atoms with van der Waals surface area (Å²) in [5.74, 6) is 2.37. The van der Waals surface area contributed by atoms with Gasteiger partial charge in [-0.2, -0.15) is 0 Å². The van der Waals surface area contributed by atoms with Crippen molar-refractivity contribution in [3.63, 3.8) is 0 Å². The second-order valence-electron chi connectivity index (χ2n) is 3.91. The second kappa shape index (κ2) is 2.80. The SMILES string of the molecule is CC1CCNc2cc3c(cc21)OCO3. The molecule has 0 amide bonds. The Hall–Kier alpha value is -1.38. The van der Waals surface area contributed by atoms with Crippen molar-refractivity contribution in [1.29, 1.82) is 0 Å². The molecule has 0 saturated carbocycles. The maximum Gasteiger partial charge on any atom is 0.231 e. The first-order valence-electron chi connectivity index (χ1n) is 5.02. The summed E-state index contributed by atoms with van der Waals surface area (Å²) >= 11 is 0. The van der Waals surface area contributed by atoms with Crippen molar-refractivity contribution in [2.24, 2.45) is 0 Å². The average Bonchev–Trinajstić information content (AvgIpc) is 2.62. The summed E-state index contributed by atoms with van der Waals surface area (Å²) in [6, 6.07) is 4.15. The normalized spacial score (nSPS) is 22.8. The molecule has 0 aliphatic carbocycles. The van der Waals surface area contributed by atoms with Gasteiger partial charge in [0.15, 0.2) is 11.5 Å². The van der Waals surface area contributed by atoms with Crippen molar-refractivity contribution in [2.45, 2.75) is 19.3 Å². The third-order valence-corrected chi connectivity index (χ3v) is 2.97. The summed E-state index contributed by atoms with van der Waals surface area (Å²) in [4.78, 5) is 0. The molecule has 2 heterocycles. The van der Waals surface area contributed by atoms with Gasteiger partial charge in [0.05, 0.1) is 0 Å². The molecule has 14 heavy (non-hydrogen) atoms. The molecule has 3 rings (SSSR count). The predicted octanol–water partition coefficient (Wildman–Crippen LogP) is 2.33. The average molecular weight is 191 g/mol. The highest BCUT2D eigenvalue weighted by Crippen LogP contribution is 2.41. The summed E-state index contributed by atoms with van der Waals surface area (Å²) < 4.78 is 10.7. The van der Waals surface area contributed by atoms with Crippen LogP contribution in [0.4, 0.5) is 5.69 Å². The molecule has 1 unspecified atom stereocenters. The Morgan fingerprint density at radius 1 is 1.29 bits per heavy atom. The number of rotatable bonds is 0. The molecule has 1 aromatic rings. The van der Waals surface area contributed by atoms with Crippen LogP contribution in [-0.4, -0.2) is 13.3 Å². The highest BCUT2D eigenvalue weighted by molar-refractivity contribution is 5.63. The van der Waals surface area contributed by atoms with Gasteiger partial charge >= 0.3 is 0 Å².